The van der Waals surface area contributed by atoms with Gasteiger partial charge in [0.05, 0.1) is 22.0 Å². The summed E-state index contributed by atoms with van der Waals surface area (Å²) in [5.41, 5.74) is 1.72. The SMILES string of the molecule is Cc1cccc(NC(=O)CN(c2cccc(Cl)c2Cl)S(C)(=O)=O)c1. The van der Waals surface area contributed by atoms with Crippen LogP contribution < -0.4 is 9.62 Å². The summed E-state index contributed by atoms with van der Waals surface area (Å²) in [5, 5.41) is 2.95. The zero-order valence-corrected chi connectivity index (χ0v) is 15.4. The van der Waals surface area contributed by atoms with E-state index in [1.54, 1.807) is 30.3 Å². The van der Waals surface area contributed by atoms with Crippen LogP contribution in [0.1, 0.15) is 5.56 Å². The van der Waals surface area contributed by atoms with Gasteiger partial charge in [0.15, 0.2) is 0 Å². The quantitative estimate of drug-likeness (QED) is 0.851. The minimum atomic E-state index is -3.72. The smallest absolute Gasteiger partial charge is 0.245 e. The van der Waals surface area contributed by atoms with E-state index in [2.05, 4.69) is 5.32 Å². The molecule has 0 aromatic heterocycles. The number of aryl methyl sites for hydroxylation is 1. The minimum absolute atomic E-state index is 0.0768. The highest BCUT2D eigenvalue weighted by Gasteiger charge is 2.23. The van der Waals surface area contributed by atoms with E-state index in [9.17, 15) is 13.2 Å². The van der Waals surface area contributed by atoms with Crippen molar-refractivity contribution in [3.8, 4) is 0 Å². The van der Waals surface area contributed by atoms with Crippen LogP contribution in [0.2, 0.25) is 10.0 Å². The number of hydrogen-bond acceptors (Lipinski definition) is 3. The Morgan fingerprint density at radius 3 is 2.46 bits per heavy atom. The minimum Gasteiger partial charge on any atom is -0.325 e. The van der Waals surface area contributed by atoms with Crippen molar-refractivity contribution in [1.82, 2.24) is 0 Å². The van der Waals surface area contributed by atoms with Crippen LogP contribution in [-0.4, -0.2) is 27.1 Å². The average molecular weight is 387 g/mol. The first-order chi connectivity index (χ1) is 11.2. The Morgan fingerprint density at radius 1 is 1.17 bits per heavy atom. The van der Waals surface area contributed by atoms with Crippen molar-refractivity contribution in [2.75, 3.05) is 22.4 Å². The molecule has 0 spiro atoms. The van der Waals surface area contributed by atoms with E-state index in [0.717, 1.165) is 16.1 Å². The predicted molar refractivity (Wildman–Crippen MR) is 98.5 cm³/mol. The molecule has 0 heterocycles. The van der Waals surface area contributed by atoms with Gasteiger partial charge in [-0.3, -0.25) is 9.10 Å². The zero-order valence-electron chi connectivity index (χ0n) is 13.1. The third kappa shape index (κ3) is 4.63. The van der Waals surface area contributed by atoms with Crippen molar-refractivity contribution < 1.29 is 13.2 Å². The highest BCUT2D eigenvalue weighted by molar-refractivity contribution is 7.92. The van der Waals surface area contributed by atoms with Gasteiger partial charge in [0.1, 0.15) is 6.54 Å². The van der Waals surface area contributed by atoms with Crippen LogP contribution in [0, 0.1) is 6.92 Å². The summed E-state index contributed by atoms with van der Waals surface area (Å²) < 4.78 is 25.1. The Kier molecular flexibility index (Phi) is 5.74. The molecule has 24 heavy (non-hydrogen) atoms. The molecule has 0 atom stereocenters. The van der Waals surface area contributed by atoms with Crippen LogP contribution >= 0.6 is 23.2 Å². The topological polar surface area (TPSA) is 66.5 Å². The molecule has 0 saturated heterocycles. The lowest BCUT2D eigenvalue weighted by atomic mass is 10.2. The van der Waals surface area contributed by atoms with Gasteiger partial charge in [-0.05, 0) is 36.8 Å². The highest BCUT2D eigenvalue weighted by atomic mass is 35.5. The lowest BCUT2D eigenvalue weighted by Crippen LogP contribution is -2.37. The predicted octanol–water partition coefficient (Wildman–Crippen LogP) is 3.71. The molecular weight excluding hydrogens is 371 g/mol. The number of benzene rings is 2. The molecule has 0 bridgehead atoms. The molecule has 5 nitrogen and oxygen atoms in total. The summed E-state index contributed by atoms with van der Waals surface area (Å²) in [7, 11) is -3.72. The molecule has 0 aliphatic heterocycles. The maximum absolute atomic E-state index is 12.3. The summed E-state index contributed by atoms with van der Waals surface area (Å²) in [5.74, 6) is -0.484. The largest absolute Gasteiger partial charge is 0.325 e. The van der Waals surface area contributed by atoms with Crippen LogP contribution in [0.4, 0.5) is 11.4 Å². The number of halogens is 2. The van der Waals surface area contributed by atoms with Gasteiger partial charge < -0.3 is 5.32 Å². The van der Waals surface area contributed by atoms with Gasteiger partial charge in [0.2, 0.25) is 15.9 Å². The first kappa shape index (κ1) is 18.6. The maximum Gasteiger partial charge on any atom is 0.245 e. The molecule has 0 fully saturated rings. The van der Waals surface area contributed by atoms with Crippen LogP contribution in [-0.2, 0) is 14.8 Å². The van der Waals surface area contributed by atoms with E-state index in [1.807, 2.05) is 13.0 Å². The van der Waals surface area contributed by atoms with E-state index < -0.39 is 22.5 Å². The van der Waals surface area contributed by atoms with Gasteiger partial charge in [-0.1, -0.05) is 41.4 Å². The summed E-state index contributed by atoms with van der Waals surface area (Å²) in [4.78, 5) is 12.3. The molecule has 1 amide bonds. The van der Waals surface area contributed by atoms with Gasteiger partial charge in [-0.15, -0.1) is 0 Å². The Morgan fingerprint density at radius 2 is 1.83 bits per heavy atom. The first-order valence-electron chi connectivity index (χ1n) is 6.97. The zero-order chi connectivity index (χ0) is 17.9. The molecule has 0 saturated carbocycles. The Labute approximate surface area is 151 Å². The number of carbonyl (C=O) groups is 1. The molecule has 128 valence electrons. The number of carbonyl (C=O) groups excluding carboxylic acids is 1. The van der Waals surface area contributed by atoms with Gasteiger partial charge in [-0.2, -0.15) is 0 Å². The number of hydrogen-bond donors (Lipinski definition) is 1. The average Bonchev–Trinajstić information content (AvgIpc) is 2.47. The van der Waals surface area contributed by atoms with E-state index in [1.165, 1.54) is 6.07 Å². The molecule has 0 aliphatic carbocycles. The molecule has 2 aromatic rings. The van der Waals surface area contributed by atoms with Crippen molar-refractivity contribution in [3.05, 3.63) is 58.1 Å². The fraction of sp³-hybridized carbons (Fsp3) is 0.188. The van der Waals surface area contributed by atoms with Gasteiger partial charge in [0, 0.05) is 5.69 Å². The van der Waals surface area contributed by atoms with Crippen molar-refractivity contribution in [2.24, 2.45) is 0 Å². The summed E-state index contributed by atoms with van der Waals surface area (Å²) in [6, 6.07) is 11.8. The van der Waals surface area contributed by atoms with Crippen LogP contribution in [0.15, 0.2) is 42.5 Å². The second kappa shape index (κ2) is 7.42. The van der Waals surface area contributed by atoms with Gasteiger partial charge >= 0.3 is 0 Å². The van der Waals surface area contributed by atoms with Crippen molar-refractivity contribution in [1.29, 1.82) is 0 Å². The van der Waals surface area contributed by atoms with Gasteiger partial charge in [-0.25, -0.2) is 8.42 Å². The summed E-state index contributed by atoms with van der Waals surface area (Å²) >= 11 is 12.0. The monoisotopic (exact) mass is 386 g/mol. The summed E-state index contributed by atoms with van der Waals surface area (Å²) in [6.07, 6.45) is 1.00. The fourth-order valence-corrected chi connectivity index (χ4v) is 3.43. The third-order valence-electron chi connectivity index (χ3n) is 3.19. The highest BCUT2D eigenvalue weighted by Crippen LogP contribution is 2.33. The molecule has 0 radical (unpaired) electrons. The molecule has 2 rings (SSSR count). The number of nitrogens with zero attached hydrogens (tertiary/aromatic N) is 1. The summed E-state index contributed by atoms with van der Waals surface area (Å²) in [6.45, 7) is 1.48. The standard InChI is InChI=1S/C16H16Cl2N2O3S/c1-11-5-3-6-12(9-11)19-15(21)10-20(24(2,22)23)14-8-4-7-13(17)16(14)18/h3-9H,10H2,1-2H3,(H,19,21). The van der Waals surface area contributed by atoms with Crippen molar-refractivity contribution >= 4 is 50.5 Å². The van der Waals surface area contributed by atoms with E-state index in [-0.39, 0.29) is 15.7 Å². The Hall–Kier alpha value is -1.76. The van der Waals surface area contributed by atoms with Gasteiger partial charge in [0.25, 0.3) is 0 Å². The Balaban J connectivity index is 2.27. The number of nitrogens with one attached hydrogen (secondary N) is 1. The van der Waals surface area contributed by atoms with E-state index in [4.69, 9.17) is 23.2 Å². The van der Waals surface area contributed by atoms with Crippen LogP contribution in [0.25, 0.3) is 0 Å². The number of anilines is 2. The van der Waals surface area contributed by atoms with Crippen molar-refractivity contribution in [2.45, 2.75) is 6.92 Å². The molecular formula is C16H16Cl2N2O3S. The lowest BCUT2D eigenvalue weighted by Gasteiger charge is -2.23. The number of sulfonamides is 1. The maximum atomic E-state index is 12.3. The first-order valence-corrected chi connectivity index (χ1v) is 9.57. The number of rotatable bonds is 5. The van der Waals surface area contributed by atoms with E-state index in [0.29, 0.717) is 5.69 Å². The number of amides is 1. The Bertz CT molecular complexity index is 869. The lowest BCUT2D eigenvalue weighted by molar-refractivity contribution is -0.114. The fourth-order valence-electron chi connectivity index (χ4n) is 2.12. The molecule has 1 N–H and O–H groups in total. The van der Waals surface area contributed by atoms with Crippen LogP contribution in [0.5, 0.6) is 0 Å². The van der Waals surface area contributed by atoms with Crippen molar-refractivity contribution in [3.63, 3.8) is 0 Å². The molecule has 0 aliphatic rings. The molecule has 0 unspecified atom stereocenters. The van der Waals surface area contributed by atoms with E-state index >= 15 is 0 Å². The third-order valence-corrected chi connectivity index (χ3v) is 5.12. The normalized spacial score (nSPS) is 11.2. The molecule has 8 heteroatoms. The second-order valence-electron chi connectivity index (χ2n) is 5.26. The molecule has 2 aromatic carbocycles. The van der Waals surface area contributed by atoms with Crippen LogP contribution in [0.3, 0.4) is 0 Å². The second-order valence-corrected chi connectivity index (χ2v) is 7.95.